The smallest absolute Gasteiger partial charge is 0.150 e. The monoisotopic (exact) mass is 281 g/mol. The standard InChI is InChI=1S/C14H19NO3S/c1-3-19(17,18)10-4-9-14(2,16)13-7-5-12(11-15)6-8-13/h5-8,16H,3-4,9-10H2,1-2H3. The molecule has 0 bridgehead atoms. The quantitative estimate of drug-likeness (QED) is 0.864. The lowest BCUT2D eigenvalue weighted by atomic mass is 9.91. The highest BCUT2D eigenvalue weighted by molar-refractivity contribution is 7.91. The maximum atomic E-state index is 11.4. The molecule has 1 N–H and O–H groups in total. The van der Waals surface area contributed by atoms with Crippen LogP contribution in [-0.2, 0) is 15.4 Å². The molecule has 4 nitrogen and oxygen atoms in total. The van der Waals surface area contributed by atoms with Gasteiger partial charge in [-0.15, -0.1) is 0 Å². The van der Waals surface area contributed by atoms with E-state index in [1.54, 1.807) is 38.1 Å². The number of aliphatic hydroxyl groups is 1. The van der Waals surface area contributed by atoms with Crippen LogP contribution in [0.4, 0.5) is 0 Å². The summed E-state index contributed by atoms with van der Waals surface area (Å²) < 4.78 is 22.8. The van der Waals surface area contributed by atoms with E-state index in [0.29, 0.717) is 24.0 Å². The molecule has 5 heteroatoms. The molecule has 1 aromatic carbocycles. The van der Waals surface area contributed by atoms with Crippen LogP contribution in [0.2, 0.25) is 0 Å². The second-order valence-electron chi connectivity index (χ2n) is 4.80. The van der Waals surface area contributed by atoms with Crippen molar-refractivity contribution >= 4 is 9.84 Å². The average Bonchev–Trinajstić information content (AvgIpc) is 2.38. The first kappa shape index (κ1) is 15.7. The lowest BCUT2D eigenvalue weighted by Gasteiger charge is -2.23. The summed E-state index contributed by atoms with van der Waals surface area (Å²) in [6, 6.07) is 8.71. The lowest BCUT2D eigenvalue weighted by Crippen LogP contribution is -2.22. The Hall–Kier alpha value is -1.38. The minimum Gasteiger partial charge on any atom is -0.385 e. The number of hydrogen-bond donors (Lipinski definition) is 1. The molecule has 1 aromatic rings. The van der Waals surface area contributed by atoms with Crippen LogP contribution >= 0.6 is 0 Å². The first-order valence-corrected chi connectivity index (χ1v) is 8.06. The molecule has 0 heterocycles. The van der Waals surface area contributed by atoms with Gasteiger partial charge in [0.25, 0.3) is 0 Å². The van der Waals surface area contributed by atoms with Crippen molar-refractivity contribution in [1.82, 2.24) is 0 Å². The van der Waals surface area contributed by atoms with Crippen LogP contribution in [0.5, 0.6) is 0 Å². The topological polar surface area (TPSA) is 78.2 Å². The highest BCUT2D eigenvalue weighted by atomic mass is 32.2. The van der Waals surface area contributed by atoms with Gasteiger partial charge in [0.2, 0.25) is 0 Å². The molecular weight excluding hydrogens is 262 g/mol. The molecule has 1 rings (SSSR count). The fraction of sp³-hybridized carbons (Fsp3) is 0.500. The number of sulfone groups is 1. The summed E-state index contributed by atoms with van der Waals surface area (Å²) in [7, 11) is -2.99. The predicted molar refractivity (Wildman–Crippen MR) is 74.3 cm³/mol. The van der Waals surface area contributed by atoms with Crippen molar-refractivity contribution in [3.8, 4) is 6.07 Å². The van der Waals surface area contributed by atoms with Gasteiger partial charge in [0, 0.05) is 5.75 Å². The van der Waals surface area contributed by atoms with Gasteiger partial charge in [-0.1, -0.05) is 19.1 Å². The molecule has 0 radical (unpaired) electrons. The van der Waals surface area contributed by atoms with Crippen LogP contribution in [0.1, 0.15) is 37.8 Å². The van der Waals surface area contributed by atoms with Crippen molar-refractivity contribution in [3.63, 3.8) is 0 Å². The third-order valence-corrected chi connectivity index (χ3v) is 4.98. The van der Waals surface area contributed by atoms with E-state index in [0.717, 1.165) is 0 Å². The van der Waals surface area contributed by atoms with E-state index in [2.05, 4.69) is 0 Å². The first-order chi connectivity index (χ1) is 8.80. The van der Waals surface area contributed by atoms with Gasteiger partial charge < -0.3 is 5.11 Å². The van der Waals surface area contributed by atoms with Gasteiger partial charge in [0.05, 0.1) is 23.0 Å². The SMILES string of the molecule is CCS(=O)(=O)CCCC(C)(O)c1ccc(C#N)cc1. The lowest BCUT2D eigenvalue weighted by molar-refractivity contribution is 0.0472. The summed E-state index contributed by atoms with van der Waals surface area (Å²) in [5, 5.41) is 19.1. The molecule has 19 heavy (non-hydrogen) atoms. The van der Waals surface area contributed by atoms with Crippen molar-refractivity contribution in [2.45, 2.75) is 32.3 Å². The molecule has 0 aromatic heterocycles. The Morgan fingerprint density at radius 1 is 1.32 bits per heavy atom. The van der Waals surface area contributed by atoms with E-state index in [-0.39, 0.29) is 11.5 Å². The van der Waals surface area contributed by atoms with Crippen molar-refractivity contribution < 1.29 is 13.5 Å². The molecule has 0 saturated carbocycles. The number of hydrogen-bond acceptors (Lipinski definition) is 4. The normalized spacial score (nSPS) is 14.6. The van der Waals surface area contributed by atoms with Crippen molar-refractivity contribution in [1.29, 1.82) is 5.26 Å². The number of nitriles is 1. The van der Waals surface area contributed by atoms with E-state index in [1.807, 2.05) is 6.07 Å². The van der Waals surface area contributed by atoms with Crippen LogP contribution in [0.3, 0.4) is 0 Å². The molecular formula is C14H19NO3S. The Morgan fingerprint density at radius 3 is 2.37 bits per heavy atom. The van der Waals surface area contributed by atoms with Gasteiger partial charge in [-0.2, -0.15) is 5.26 Å². The average molecular weight is 281 g/mol. The maximum Gasteiger partial charge on any atom is 0.150 e. The maximum absolute atomic E-state index is 11.4. The highest BCUT2D eigenvalue weighted by Gasteiger charge is 2.23. The largest absolute Gasteiger partial charge is 0.385 e. The Labute approximate surface area is 114 Å². The molecule has 0 amide bonds. The van der Waals surface area contributed by atoms with Gasteiger partial charge in [0.1, 0.15) is 9.84 Å². The van der Waals surface area contributed by atoms with Crippen LogP contribution in [0.15, 0.2) is 24.3 Å². The fourth-order valence-electron chi connectivity index (χ4n) is 1.83. The van der Waals surface area contributed by atoms with Gasteiger partial charge in [-0.3, -0.25) is 0 Å². The van der Waals surface area contributed by atoms with Crippen molar-refractivity contribution in [2.24, 2.45) is 0 Å². The molecule has 1 atom stereocenters. The van der Waals surface area contributed by atoms with E-state index in [9.17, 15) is 13.5 Å². The molecule has 1 unspecified atom stereocenters. The molecule has 104 valence electrons. The molecule has 0 aliphatic carbocycles. The van der Waals surface area contributed by atoms with Crippen molar-refractivity contribution in [2.75, 3.05) is 11.5 Å². The minimum atomic E-state index is -2.99. The third kappa shape index (κ3) is 4.66. The Balaban J connectivity index is 2.67. The second kappa shape index (κ2) is 6.18. The Kier molecular flexibility index (Phi) is 5.10. The summed E-state index contributed by atoms with van der Waals surface area (Å²) >= 11 is 0. The number of rotatable bonds is 6. The number of benzene rings is 1. The van der Waals surface area contributed by atoms with Gasteiger partial charge in [0.15, 0.2) is 0 Å². The van der Waals surface area contributed by atoms with Crippen LogP contribution in [0.25, 0.3) is 0 Å². The van der Waals surface area contributed by atoms with Gasteiger partial charge in [-0.25, -0.2) is 8.42 Å². The van der Waals surface area contributed by atoms with Crippen LogP contribution < -0.4 is 0 Å². The molecule has 0 fully saturated rings. The zero-order valence-electron chi connectivity index (χ0n) is 11.3. The summed E-state index contributed by atoms with van der Waals surface area (Å²) in [5.74, 6) is 0.224. The first-order valence-electron chi connectivity index (χ1n) is 6.24. The summed E-state index contributed by atoms with van der Waals surface area (Å²) in [6.07, 6.45) is 0.793. The summed E-state index contributed by atoms with van der Waals surface area (Å²) in [5.41, 5.74) is 0.158. The zero-order chi connectivity index (χ0) is 14.5. The highest BCUT2D eigenvalue weighted by Crippen LogP contribution is 2.26. The number of nitrogens with zero attached hydrogens (tertiary/aromatic N) is 1. The van der Waals surface area contributed by atoms with E-state index >= 15 is 0 Å². The molecule has 0 aliphatic rings. The van der Waals surface area contributed by atoms with Crippen molar-refractivity contribution in [3.05, 3.63) is 35.4 Å². The second-order valence-corrected chi connectivity index (χ2v) is 7.28. The van der Waals surface area contributed by atoms with E-state index in [1.165, 1.54) is 0 Å². The summed E-state index contributed by atoms with van der Waals surface area (Å²) in [6.45, 7) is 3.28. The van der Waals surface area contributed by atoms with E-state index in [4.69, 9.17) is 5.26 Å². The Bertz CT molecular complexity index is 553. The zero-order valence-corrected chi connectivity index (χ0v) is 12.1. The predicted octanol–water partition coefficient (Wildman–Crippen LogP) is 1.98. The fourth-order valence-corrected chi connectivity index (χ4v) is 2.70. The van der Waals surface area contributed by atoms with E-state index < -0.39 is 15.4 Å². The van der Waals surface area contributed by atoms with Crippen LogP contribution in [0, 0.1) is 11.3 Å². The van der Waals surface area contributed by atoms with Gasteiger partial charge in [-0.05, 0) is 37.5 Å². The minimum absolute atomic E-state index is 0.0932. The summed E-state index contributed by atoms with van der Waals surface area (Å²) in [4.78, 5) is 0. The third-order valence-electron chi connectivity index (χ3n) is 3.19. The molecule has 0 spiro atoms. The van der Waals surface area contributed by atoms with Crippen LogP contribution in [-0.4, -0.2) is 25.0 Å². The molecule has 0 aliphatic heterocycles. The molecule has 0 saturated heterocycles. The van der Waals surface area contributed by atoms with Gasteiger partial charge >= 0.3 is 0 Å². The Morgan fingerprint density at radius 2 is 1.89 bits per heavy atom.